The first-order valence-electron chi connectivity index (χ1n) is 14.2. The molecule has 1 aliphatic rings. The van der Waals surface area contributed by atoms with Crippen LogP contribution in [0.2, 0.25) is 0 Å². The van der Waals surface area contributed by atoms with Gasteiger partial charge < -0.3 is 4.90 Å². The summed E-state index contributed by atoms with van der Waals surface area (Å²) in [5, 5.41) is 0. The molecule has 42 heavy (non-hydrogen) atoms. The Morgan fingerprint density at radius 1 is 0.643 bits per heavy atom. The van der Waals surface area contributed by atoms with E-state index < -0.39 is 10.2 Å². The molecule has 1 heterocycles. The number of para-hydroxylation sites is 1. The molecular formula is C36H42ClNO4. The molecule has 0 saturated heterocycles. The minimum Gasteiger partial charge on any atom is -0.310 e. The number of rotatable bonds is 2. The molecule has 0 bridgehead atoms. The molecule has 0 unspecified atom stereocenters. The Balaban J connectivity index is 0.000000748. The number of fused-ring (bicyclic) bond motifs is 2. The Labute approximate surface area is 252 Å². The summed E-state index contributed by atoms with van der Waals surface area (Å²) in [7, 11) is -4.69. The largest absolute Gasteiger partial charge is 0.310 e. The van der Waals surface area contributed by atoms with Gasteiger partial charge in [-0.15, -0.1) is 0 Å². The second-order valence-electron chi connectivity index (χ2n) is 13.4. The summed E-state index contributed by atoms with van der Waals surface area (Å²) in [5.41, 5.74) is 14.9. The summed E-state index contributed by atoms with van der Waals surface area (Å²) in [6, 6.07) is 30.0. The Hall–Kier alpha value is -3.19. The van der Waals surface area contributed by atoms with Gasteiger partial charge in [-0.1, -0.05) is 102 Å². The lowest BCUT2D eigenvalue weighted by Crippen LogP contribution is -2.58. The van der Waals surface area contributed by atoms with Gasteiger partial charge in [-0.25, -0.2) is 0 Å². The van der Waals surface area contributed by atoms with E-state index in [1.165, 1.54) is 61.6 Å². The summed E-state index contributed by atoms with van der Waals surface area (Å²) in [5.74, 6) is 0.189. The van der Waals surface area contributed by atoms with Crippen LogP contribution in [-0.2, 0) is 10.8 Å². The van der Waals surface area contributed by atoms with E-state index in [0.717, 1.165) is 0 Å². The van der Waals surface area contributed by atoms with Gasteiger partial charge in [0, 0.05) is 11.6 Å². The monoisotopic (exact) mass is 587 g/mol. The molecule has 6 heteroatoms. The van der Waals surface area contributed by atoms with Crippen LogP contribution in [0, 0.1) is 31.0 Å². The third-order valence-corrected chi connectivity index (χ3v) is 7.94. The first kappa shape index (κ1) is 31.7. The molecule has 0 aromatic heterocycles. The number of hydrogen-bond donors (Lipinski definition) is 1. The molecule has 0 fully saturated rings. The van der Waals surface area contributed by atoms with Crippen molar-refractivity contribution in [2.75, 3.05) is 4.90 Å². The van der Waals surface area contributed by atoms with E-state index in [1.54, 1.807) is 0 Å². The maximum atomic E-state index is 8.60. The maximum Gasteiger partial charge on any atom is 0.0777 e. The lowest BCUT2D eigenvalue weighted by atomic mass is 9.74. The van der Waals surface area contributed by atoms with Gasteiger partial charge in [0.2, 0.25) is 0 Å². The quantitative estimate of drug-likeness (QED) is 0.271. The van der Waals surface area contributed by atoms with Gasteiger partial charge >= 0.3 is 0 Å². The van der Waals surface area contributed by atoms with Crippen molar-refractivity contribution in [2.45, 2.75) is 79.1 Å². The zero-order valence-electron chi connectivity index (χ0n) is 26.1. The predicted octanol–water partition coefficient (Wildman–Crippen LogP) is 6.05. The van der Waals surface area contributed by atoms with Crippen LogP contribution < -0.4 is 18.9 Å². The first-order valence-corrected chi connectivity index (χ1v) is 15.5. The minimum absolute atomic E-state index is 0.0656. The number of nitrogens with zero attached hydrogens (tertiary/aromatic N) is 1. The van der Waals surface area contributed by atoms with Crippen LogP contribution in [0.15, 0.2) is 78.9 Å². The summed E-state index contributed by atoms with van der Waals surface area (Å²) in [4.78, 5) is 2.50. The summed E-state index contributed by atoms with van der Waals surface area (Å²) in [6.07, 6.45) is 0. The van der Waals surface area contributed by atoms with E-state index in [2.05, 4.69) is 146 Å². The van der Waals surface area contributed by atoms with Crippen LogP contribution in [0.25, 0.3) is 0 Å². The molecule has 1 aliphatic heterocycles. The summed E-state index contributed by atoms with van der Waals surface area (Å²) in [6.45, 7) is 20.6. The molecule has 4 aromatic rings. The van der Waals surface area contributed by atoms with Crippen molar-refractivity contribution in [1.29, 1.82) is 0 Å². The standard InChI is InChI=1S/C36H41N.ClHO4/c1-23-19-24(2)33(25(3)20-23)34-29-17-15-26(35(4,5)6)21-31(29)37(28-13-11-10-12-14-28)32-22-27(36(7,8)9)16-18-30(32)34;2-1(3,4)5/h10-22,34H,1-9H3;(H,2,3,4,5). The van der Waals surface area contributed by atoms with Crippen LogP contribution in [0.4, 0.5) is 17.1 Å². The van der Waals surface area contributed by atoms with Crippen molar-refractivity contribution in [3.05, 3.63) is 123 Å². The van der Waals surface area contributed by atoms with Crippen molar-refractivity contribution >= 4 is 17.1 Å². The zero-order valence-corrected chi connectivity index (χ0v) is 26.8. The molecule has 222 valence electrons. The Morgan fingerprint density at radius 2 is 1.05 bits per heavy atom. The zero-order chi connectivity index (χ0) is 31.2. The van der Waals surface area contributed by atoms with Crippen molar-refractivity contribution < 1.29 is 28.9 Å². The van der Waals surface area contributed by atoms with E-state index in [0.29, 0.717) is 0 Å². The van der Waals surface area contributed by atoms with E-state index in [9.17, 15) is 0 Å². The molecule has 5 nitrogen and oxygen atoms in total. The van der Waals surface area contributed by atoms with Crippen LogP contribution in [0.3, 0.4) is 0 Å². The smallest absolute Gasteiger partial charge is 0.0777 e. The van der Waals surface area contributed by atoms with Crippen molar-refractivity contribution in [1.82, 2.24) is 0 Å². The number of benzene rings is 4. The maximum absolute atomic E-state index is 8.60. The van der Waals surface area contributed by atoms with Crippen LogP contribution >= 0.6 is 0 Å². The minimum atomic E-state index is -4.69. The molecule has 5 rings (SSSR count). The lowest BCUT2D eigenvalue weighted by Gasteiger charge is -2.40. The van der Waals surface area contributed by atoms with Gasteiger partial charge in [0.25, 0.3) is 0 Å². The normalized spacial score (nSPS) is 13.7. The molecule has 0 saturated carbocycles. The number of aryl methyl sites for hydroxylation is 3. The number of hydrogen-bond acceptors (Lipinski definition) is 5. The Kier molecular flexibility index (Phi) is 8.67. The van der Waals surface area contributed by atoms with Crippen molar-refractivity contribution in [3.8, 4) is 0 Å². The van der Waals surface area contributed by atoms with Gasteiger partial charge in [0.05, 0.1) is 26.3 Å². The van der Waals surface area contributed by atoms with Crippen LogP contribution in [-0.4, -0.2) is 4.66 Å². The van der Waals surface area contributed by atoms with E-state index in [1.807, 2.05) is 0 Å². The van der Waals surface area contributed by atoms with Crippen LogP contribution in [0.1, 0.15) is 92.0 Å². The second-order valence-corrected chi connectivity index (χ2v) is 14.2. The van der Waals surface area contributed by atoms with Gasteiger partial charge in [-0.3, -0.25) is 0 Å². The third-order valence-electron chi connectivity index (χ3n) is 7.94. The lowest BCUT2D eigenvalue weighted by molar-refractivity contribution is -1.92. The fourth-order valence-electron chi connectivity index (χ4n) is 6.01. The van der Waals surface area contributed by atoms with Crippen LogP contribution in [0.5, 0.6) is 0 Å². The highest BCUT2D eigenvalue weighted by Crippen LogP contribution is 2.53. The fraction of sp³-hybridized carbons (Fsp3) is 0.333. The van der Waals surface area contributed by atoms with Gasteiger partial charge in [0.1, 0.15) is 0 Å². The molecule has 0 amide bonds. The average Bonchev–Trinajstić information content (AvgIpc) is 2.85. The average molecular weight is 588 g/mol. The summed E-state index contributed by atoms with van der Waals surface area (Å²) < 4.78 is 32.7. The molecule has 1 N–H and O–H groups in total. The predicted molar refractivity (Wildman–Crippen MR) is 162 cm³/mol. The van der Waals surface area contributed by atoms with Crippen molar-refractivity contribution in [2.24, 2.45) is 0 Å². The highest BCUT2D eigenvalue weighted by atomic mass is 35.7. The number of anilines is 3. The van der Waals surface area contributed by atoms with Gasteiger partial charge in [0.15, 0.2) is 0 Å². The van der Waals surface area contributed by atoms with Crippen molar-refractivity contribution in [3.63, 3.8) is 0 Å². The Morgan fingerprint density at radius 3 is 1.43 bits per heavy atom. The molecule has 0 radical (unpaired) electrons. The SMILES string of the molecule is Cc1cc(C)c(C2c3ccc(C(C)(C)C)cc3N(c3ccccc3)c3cc(C(C)(C)C)ccc32)c(C)c1.[O-][Cl+3]([O-])([O-])O. The van der Waals surface area contributed by atoms with Gasteiger partial charge in [-0.2, -0.15) is 14.0 Å². The Bertz CT molecular complexity index is 1480. The molecule has 0 spiro atoms. The van der Waals surface area contributed by atoms with E-state index in [4.69, 9.17) is 18.6 Å². The third kappa shape index (κ3) is 6.88. The highest BCUT2D eigenvalue weighted by molar-refractivity contribution is 5.87. The molecule has 4 aromatic carbocycles. The fourth-order valence-corrected chi connectivity index (χ4v) is 6.01. The molecule has 0 aliphatic carbocycles. The van der Waals surface area contributed by atoms with E-state index in [-0.39, 0.29) is 16.7 Å². The topological polar surface area (TPSA) is 92.7 Å². The molecule has 0 atom stereocenters. The summed E-state index contributed by atoms with van der Waals surface area (Å²) >= 11 is 0. The highest BCUT2D eigenvalue weighted by Gasteiger charge is 2.35. The first-order chi connectivity index (χ1) is 19.4. The van der Waals surface area contributed by atoms with Gasteiger partial charge in [-0.05, 0) is 94.8 Å². The van der Waals surface area contributed by atoms with E-state index >= 15 is 0 Å². The second kappa shape index (κ2) is 11.5. The molecular weight excluding hydrogens is 546 g/mol. The number of halogens is 1.